The van der Waals surface area contributed by atoms with Gasteiger partial charge in [0.05, 0.1) is 6.67 Å². The number of hydrogen-bond donors (Lipinski definition) is 1. The van der Waals surface area contributed by atoms with Crippen LogP contribution in [0, 0.1) is 0 Å². The van der Waals surface area contributed by atoms with Gasteiger partial charge in [0.2, 0.25) is 0 Å². The zero-order chi connectivity index (χ0) is 12.7. The third kappa shape index (κ3) is 1.85. The molecule has 0 unspecified atom stereocenters. The van der Waals surface area contributed by atoms with E-state index in [4.69, 9.17) is 0 Å². The quantitative estimate of drug-likeness (QED) is 0.664. The summed E-state index contributed by atoms with van der Waals surface area (Å²) in [5, 5.41) is 8.63. The second kappa shape index (κ2) is 4.25. The van der Waals surface area contributed by atoms with Crippen LogP contribution in [-0.2, 0) is 0 Å². The molecule has 0 aliphatic carbocycles. The van der Waals surface area contributed by atoms with Gasteiger partial charge < -0.3 is 4.90 Å². The largest absolute Gasteiger partial charge is 0.357 e. The zero-order valence-corrected chi connectivity index (χ0v) is 10.8. The Labute approximate surface area is 112 Å². The van der Waals surface area contributed by atoms with Crippen LogP contribution in [0.5, 0.6) is 0 Å². The van der Waals surface area contributed by atoms with E-state index in [0.717, 1.165) is 19.8 Å². The van der Waals surface area contributed by atoms with Gasteiger partial charge in [-0.05, 0) is 45.8 Å². The number of fused-ring (bicyclic) bond motifs is 2. The minimum Gasteiger partial charge on any atom is -0.357 e. The predicted molar refractivity (Wildman–Crippen MR) is 81.7 cm³/mol. The highest BCUT2D eigenvalue weighted by atomic mass is 15.3. The van der Waals surface area contributed by atoms with E-state index >= 15 is 0 Å². The fourth-order valence-corrected chi connectivity index (χ4v) is 2.85. The topological polar surface area (TPSA) is 15.3 Å². The highest BCUT2D eigenvalue weighted by Crippen LogP contribution is 2.27. The Hall–Kier alpha value is -2.06. The molecule has 2 heteroatoms. The normalized spacial score (nSPS) is 15.5. The summed E-state index contributed by atoms with van der Waals surface area (Å²) in [5.74, 6) is 0. The van der Waals surface area contributed by atoms with Crippen molar-refractivity contribution in [1.29, 1.82) is 0 Å². The maximum Gasteiger partial charge on any atom is 0.0683 e. The summed E-state index contributed by atoms with van der Waals surface area (Å²) in [6.07, 6.45) is 0. The third-order valence-electron chi connectivity index (χ3n) is 3.91. The fraction of sp³-hybridized carbons (Fsp3) is 0.176. The Bertz CT molecular complexity index is 742. The molecule has 19 heavy (non-hydrogen) atoms. The molecule has 1 heterocycles. The molecule has 0 amide bonds. The predicted octanol–water partition coefficient (Wildman–Crippen LogP) is 3.36. The monoisotopic (exact) mass is 248 g/mol. The van der Waals surface area contributed by atoms with Gasteiger partial charge in [0.15, 0.2) is 0 Å². The lowest BCUT2D eigenvalue weighted by Gasteiger charge is -2.17. The summed E-state index contributed by atoms with van der Waals surface area (Å²) in [6, 6.07) is 19.9. The molecule has 3 aromatic rings. The standard InChI is InChI=1S/C17H16N2/c1-2-4-14-10-16-11-17(19-8-7-18-12-19)6-5-15(16)9-13(14)3-1/h1-6,9-11,18H,7-8,12H2. The molecule has 0 spiro atoms. The lowest BCUT2D eigenvalue weighted by atomic mass is 10.0. The van der Waals surface area contributed by atoms with Crippen LogP contribution in [-0.4, -0.2) is 19.8 Å². The van der Waals surface area contributed by atoms with E-state index in [1.165, 1.54) is 27.2 Å². The third-order valence-corrected chi connectivity index (χ3v) is 3.91. The average molecular weight is 248 g/mol. The van der Waals surface area contributed by atoms with E-state index in [-0.39, 0.29) is 0 Å². The van der Waals surface area contributed by atoms with E-state index < -0.39 is 0 Å². The maximum absolute atomic E-state index is 3.37. The minimum absolute atomic E-state index is 0.957. The maximum atomic E-state index is 3.37. The fourth-order valence-electron chi connectivity index (χ4n) is 2.85. The Morgan fingerprint density at radius 1 is 0.789 bits per heavy atom. The van der Waals surface area contributed by atoms with E-state index in [1.54, 1.807) is 0 Å². The van der Waals surface area contributed by atoms with Gasteiger partial charge in [0, 0.05) is 18.8 Å². The van der Waals surface area contributed by atoms with Crippen molar-refractivity contribution in [2.75, 3.05) is 24.7 Å². The number of hydrogen-bond acceptors (Lipinski definition) is 2. The molecule has 1 N–H and O–H groups in total. The Kier molecular flexibility index (Phi) is 2.42. The molecule has 0 saturated carbocycles. The van der Waals surface area contributed by atoms with Crippen LogP contribution in [0.25, 0.3) is 21.5 Å². The van der Waals surface area contributed by atoms with Crippen LogP contribution in [0.1, 0.15) is 0 Å². The van der Waals surface area contributed by atoms with Gasteiger partial charge in [-0.25, -0.2) is 0 Å². The van der Waals surface area contributed by atoms with Gasteiger partial charge in [-0.3, -0.25) is 5.32 Å². The minimum atomic E-state index is 0.957. The second-order valence-electron chi connectivity index (χ2n) is 5.15. The summed E-state index contributed by atoms with van der Waals surface area (Å²) in [7, 11) is 0. The molecule has 1 saturated heterocycles. The molecule has 1 fully saturated rings. The molecule has 0 radical (unpaired) electrons. The van der Waals surface area contributed by atoms with E-state index in [2.05, 4.69) is 64.8 Å². The van der Waals surface area contributed by atoms with Crippen LogP contribution < -0.4 is 10.2 Å². The summed E-state index contributed by atoms with van der Waals surface area (Å²) in [5.41, 5.74) is 1.31. The molecule has 4 rings (SSSR count). The molecule has 0 aromatic heterocycles. The molecule has 2 nitrogen and oxygen atoms in total. The highest BCUT2D eigenvalue weighted by molar-refractivity contribution is 5.99. The lowest BCUT2D eigenvalue weighted by molar-refractivity contribution is 0.855. The summed E-state index contributed by atoms with van der Waals surface area (Å²) in [6.45, 7) is 3.13. The molecule has 1 aliphatic rings. The molecular formula is C17H16N2. The Morgan fingerprint density at radius 3 is 2.26 bits per heavy atom. The molecule has 0 bridgehead atoms. The molecule has 3 aromatic carbocycles. The van der Waals surface area contributed by atoms with Crippen molar-refractivity contribution in [2.45, 2.75) is 0 Å². The van der Waals surface area contributed by atoms with Crippen molar-refractivity contribution in [3.05, 3.63) is 54.6 Å². The summed E-state index contributed by atoms with van der Waals surface area (Å²) in [4.78, 5) is 2.38. The Balaban J connectivity index is 1.89. The first-order valence-corrected chi connectivity index (χ1v) is 6.78. The first-order chi connectivity index (χ1) is 9.40. The molecular weight excluding hydrogens is 232 g/mol. The van der Waals surface area contributed by atoms with E-state index in [9.17, 15) is 0 Å². The van der Waals surface area contributed by atoms with Gasteiger partial charge in [0.25, 0.3) is 0 Å². The van der Waals surface area contributed by atoms with Gasteiger partial charge in [-0.2, -0.15) is 0 Å². The van der Waals surface area contributed by atoms with E-state index in [0.29, 0.717) is 0 Å². The Morgan fingerprint density at radius 2 is 1.53 bits per heavy atom. The highest BCUT2D eigenvalue weighted by Gasteiger charge is 2.11. The van der Waals surface area contributed by atoms with Crippen molar-refractivity contribution >= 4 is 27.2 Å². The van der Waals surface area contributed by atoms with Crippen molar-refractivity contribution in [3.8, 4) is 0 Å². The number of nitrogens with zero attached hydrogens (tertiary/aromatic N) is 1. The van der Waals surface area contributed by atoms with Gasteiger partial charge in [-0.1, -0.05) is 30.3 Å². The smallest absolute Gasteiger partial charge is 0.0683 e. The van der Waals surface area contributed by atoms with Gasteiger partial charge >= 0.3 is 0 Å². The van der Waals surface area contributed by atoms with Crippen LogP contribution in [0.2, 0.25) is 0 Å². The molecule has 94 valence electrons. The van der Waals surface area contributed by atoms with Crippen LogP contribution in [0.15, 0.2) is 54.6 Å². The average Bonchev–Trinajstić information content (AvgIpc) is 2.98. The van der Waals surface area contributed by atoms with Crippen molar-refractivity contribution in [3.63, 3.8) is 0 Å². The van der Waals surface area contributed by atoms with Crippen molar-refractivity contribution < 1.29 is 0 Å². The number of nitrogens with one attached hydrogen (secondary N) is 1. The van der Waals surface area contributed by atoms with Gasteiger partial charge in [0.1, 0.15) is 0 Å². The first kappa shape index (κ1) is 10.8. The van der Waals surface area contributed by atoms with Crippen LogP contribution in [0.4, 0.5) is 5.69 Å². The summed E-state index contributed by atoms with van der Waals surface area (Å²) >= 11 is 0. The number of anilines is 1. The van der Waals surface area contributed by atoms with Crippen LogP contribution in [0.3, 0.4) is 0 Å². The van der Waals surface area contributed by atoms with Gasteiger partial charge in [-0.15, -0.1) is 0 Å². The van der Waals surface area contributed by atoms with Crippen molar-refractivity contribution in [1.82, 2.24) is 5.32 Å². The molecule has 0 atom stereocenters. The van der Waals surface area contributed by atoms with Crippen molar-refractivity contribution in [2.24, 2.45) is 0 Å². The zero-order valence-electron chi connectivity index (χ0n) is 10.8. The molecule has 1 aliphatic heterocycles. The number of benzene rings is 3. The second-order valence-corrected chi connectivity index (χ2v) is 5.15. The first-order valence-electron chi connectivity index (χ1n) is 6.78. The van der Waals surface area contributed by atoms with Crippen LogP contribution >= 0.6 is 0 Å². The SMILES string of the molecule is c1ccc2cc3cc(N4CCNC4)ccc3cc2c1. The summed E-state index contributed by atoms with van der Waals surface area (Å²) < 4.78 is 0. The number of rotatable bonds is 1. The van der Waals surface area contributed by atoms with E-state index in [1.807, 2.05) is 0 Å². The lowest BCUT2D eigenvalue weighted by Crippen LogP contribution is -2.20.